The Bertz CT molecular complexity index is 1030. The molecule has 4 rings (SSSR count). The summed E-state index contributed by atoms with van der Waals surface area (Å²) >= 11 is 6.29. The monoisotopic (exact) mass is 393 g/mol. The van der Waals surface area contributed by atoms with Crippen molar-refractivity contribution in [1.82, 2.24) is 15.2 Å². The van der Waals surface area contributed by atoms with Crippen LogP contribution < -0.4 is 5.32 Å². The van der Waals surface area contributed by atoms with Crippen LogP contribution >= 0.6 is 11.6 Å². The number of nitrogens with one attached hydrogen (secondary N) is 1. The highest BCUT2D eigenvalue weighted by Gasteiger charge is 2.22. The Morgan fingerprint density at radius 3 is 2.82 bits per heavy atom. The maximum absolute atomic E-state index is 13.0. The molecule has 2 aromatic carbocycles. The van der Waals surface area contributed by atoms with Crippen LogP contribution in [0.2, 0.25) is 5.02 Å². The number of amides is 1. The van der Waals surface area contributed by atoms with Crippen molar-refractivity contribution in [2.75, 3.05) is 20.1 Å². The van der Waals surface area contributed by atoms with Gasteiger partial charge < -0.3 is 10.2 Å². The third-order valence-electron chi connectivity index (χ3n) is 5.45. The second kappa shape index (κ2) is 7.90. The topological polar surface area (TPSA) is 45.2 Å². The van der Waals surface area contributed by atoms with E-state index >= 15 is 0 Å². The molecule has 28 heavy (non-hydrogen) atoms. The fourth-order valence-corrected chi connectivity index (χ4v) is 4.17. The van der Waals surface area contributed by atoms with Crippen LogP contribution in [0.1, 0.15) is 28.8 Å². The van der Waals surface area contributed by atoms with Crippen molar-refractivity contribution >= 4 is 28.3 Å². The molecule has 1 aromatic heterocycles. The van der Waals surface area contributed by atoms with E-state index in [1.807, 2.05) is 30.3 Å². The van der Waals surface area contributed by atoms with Crippen molar-refractivity contribution in [2.24, 2.45) is 0 Å². The van der Waals surface area contributed by atoms with E-state index in [2.05, 4.69) is 41.3 Å². The van der Waals surface area contributed by atoms with E-state index in [4.69, 9.17) is 11.6 Å². The lowest BCUT2D eigenvalue weighted by Gasteiger charge is -2.30. The molecule has 2 heterocycles. The molecule has 1 amide bonds. The maximum Gasteiger partial charge on any atom is 0.253 e. The zero-order valence-corrected chi connectivity index (χ0v) is 17.0. The van der Waals surface area contributed by atoms with E-state index in [0.717, 1.165) is 53.5 Å². The molecular formula is C23H24ClN3O. The van der Waals surface area contributed by atoms with E-state index in [9.17, 15) is 4.79 Å². The van der Waals surface area contributed by atoms with Gasteiger partial charge >= 0.3 is 0 Å². The van der Waals surface area contributed by atoms with Crippen molar-refractivity contribution in [3.05, 3.63) is 64.8 Å². The third-order valence-corrected chi connectivity index (χ3v) is 5.69. The van der Waals surface area contributed by atoms with Crippen molar-refractivity contribution in [3.8, 4) is 11.3 Å². The Hall–Kier alpha value is -2.43. The number of carbonyl (C=O) groups is 1. The van der Waals surface area contributed by atoms with Gasteiger partial charge in [0.05, 0.1) is 11.3 Å². The molecule has 144 valence electrons. The number of pyridine rings is 1. The lowest BCUT2D eigenvalue weighted by atomic mass is 9.97. The van der Waals surface area contributed by atoms with Crippen LogP contribution in [0.3, 0.4) is 0 Å². The Balaban J connectivity index is 1.75. The van der Waals surface area contributed by atoms with Crippen LogP contribution in [0.4, 0.5) is 0 Å². The second-order valence-corrected chi connectivity index (χ2v) is 8.04. The van der Waals surface area contributed by atoms with Gasteiger partial charge in [-0.15, -0.1) is 0 Å². The number of hydrogen-bond donors (Lipinski definition) is 1. The van der Waals surface area contributed by atoms with Crippen LogP contribution in [0.5, 0.6) is 0 Å². The number of hydrogen-bond acceptors (Lipinski definition) is 3. The number of benzene rings is 2. The van der Waals surface area contributed by atoms with E-state index in [1.54, 1.807) is 6.20 Å². The van der Waals surface area contributed by atoms with Gasteiger partial charge in [0, 0.05) is 34.8 Å². The first kappa shape index (κ1) is 18.9. The van der Waals surface area contributed by atoms with Gasteiger partial charge in [-0.25, -0.2) is 0 Å². The molecule has 0 bridgehead atoms. The summed E-state index contributed by atoms with van der Waals surface area (Å²) in [5.41, 5.74) is 3.64. The molecule has 0 aliphatic carbocycles. The van der Waals surface area contributed by atoms with Crippen LogP contribution in [-0.4, -0.2) is 42.0 Å². The van der Waals surface area contributed by atoms with E-state index in [-0.39, 0.29) is 11.9 Å². The van der Waals surface area contributed by atoms with Crippen molar-refractivity contribution in [3.63, 3.8) is 0 Å². The fraction of sp³-hybridized carbons (Fsp3) is 0.304. The number of likely N-dealkylation sites (N-methyl/N-ethyl adjacent to an activating group) is 1. The summed E-state index contributed by atoms with van der Waals surface area (Å²) in [6, 6.07) is 13.9. The number of aromatic nitrogens is 1. The van der Waals surface area contributed by atoms with Crippen molar-refractivity contribution in [1.29, 1.82) is 0 Å². The molecule has 5 heteroatoms. The summed E-state index contributed by atoms with van der Waals surface area (Å²) in [4.78, 5) is 20.0. The first-order valence-electron chi connectivity index (χ1n) is 9.66. The average molecular weight is 394 g/mol. The smallest absolute Gasteiger partial charge is 0.253 e. The van der Waals surface area contributed by atoms with E-state index in [0.29, 0.717) is 10.6 Å². The van der Waals surface area contributed by atoms with Crippen LogP contribution in [-0.2, 0) is 0 Å². The van der Waals surface area contributed by atoms with Crippen LogP contribution in [0, 0.1) is 6.92 Å². The molecule has 1 saturated heterocycles. The summed E-state index contributed by atoms with van der Waals surface area (Å²) < 4.78 is 0. The molecule has 1 N–H and O–H groups in total. The summed E-state index contributed by atoms with van der Waals surface area (Å²) in [5, 5.41) is 5.60. The van der Waals surface area contributed by atoms with Crippen molar-refractivity contribution in [2.45, 2.75) is 25.8 Å². The summed E-state index contributed by atoms with van der Waals surface area (Å²) in [5.74, 6) is -0.0727. The molecule has 0 spiro atoms. The molecule has 4 nitrogen and oxygen atoms in total. The lowest BCUT2D eigenvalue weighted by Crippen LogP contribution is -2.46. The lowest BCUT2D eigenvalue weighted by molar-refractivity contribution is 0.0914. The maximum atomic E-state index is 13.0. The minimum absolute atomic E-state index is 0.0727. The number of carbonyl (C=O) groups excluding carboxylic acids is 1. The Kier molecular flexibility index (Phi) is 5.33. The fourth-order valence-electron chi connectivity index (χ4n) is 4.00. The molecule has 1 aliphatic heterocycles. The van der Waals surface area contributed by atoms with Gasteiger partial charge in [0.2, 0.25) is 0 Å². The van der Waals surface area contributed by atoms with Crippen LogP contribution in [0.25, 0.3) is 22.0 Å². The zero-order valence-electron chi connectivity index (χ0n) is 16.2. The first-order valence-corrected chi connectivity index (χ1v) is 10.0. The van der Waals surface area contributed by atoms with Gasteiger partial charge in [0.25, 0.3) is 5.91 Å². The SMILES string of the molecule is Cc1ccccc1-c1ncc(C(=O)NC2CCCN(C)C2)c2ccc(Cl)cc12. The molecular weight excluding hydrogens is 370 g/mol. The van der Waals surface area contributed by atoms with E-state index < -0.39 is 0 Å². The third kappa shape index (κ3) is 3.75. The number of halogens is 1. The summed E-state index contributed by atoms with van der Waals surface area (Å²) in [6.07, 6.45) is 3.80. The predicted molar refractivity (Wildman–Crippen MR) is 115 cm³/mol. The second-order valence-electron chi connectivity index (χ2n) is 7.60. The average Bonchev–Trinajstić information content (AvgIpc) is 2.67. The quantitative estimate of drug-likeness (QED) is 0.702. The van der Waals surface area contributed by atoms with Gasteiger partial charge in [-0.05, 0) is 56.4 Å². The summed E-state index contributed by atoms with van der Waals surface area (Å²) in [7, 11) is 2.09. The number of nitrogens with zero attached hydrogens (tertiary/aromatic N) is 2. The molecule has 1 unspecified atom stereocenters. The molecule has 1 aliphatic rings. The first-order chi connectivity index (χ1) is 13.5. The number of piperidine rings is 1. The largest absolute Gasteiger partial charge is 0.348 e. The van der Waals surface area contributed by atoms with Gasteiger partial charge in [0.15, 0.2) is 0 Å². The predicted octanol–water partition coefficient (Wildman–Crippen LogP) is 4.69. The Labute approximate surface area is 170 Å². The standard InChI is InChI=1S/C23H24ClN3O/c1-15-6-3-4-8-18(15)22-20-12-16(24)9-10-19(20)21(13-25-22)23(28)26-17-7-5-11-27(2)14-17/h3-4,6,8-10,12-13,17H,5,7,11,14H2,1-2H3,(H,26,28). The highest BCUT2D eigenvalue weighted by Crippen LogP contribution is 2.32. The highest BCUT2D eigenvalue weighted by atomic mass is 35.5. The van der Waals surface area contributed by atoms with Crippen LogP contribution in [0.15, 0.2) is 48.7 Å². The molecule has 0 radical (unpaired) electrons. The minimum atomic E-state index is -0.0727. The zero-order chi connectivity index (χ0) is 19.7. The Morgan fingerprint density at radius 2 is 2.04 bits per heavy atom. The molecule has 1 atom stereocenters. The van der Waals surface area contributed by atoms with Gasteiger partial charge in [-0.1, -0.05) is 41.9 Å². The van der Waals surface area contributed by atoms with Gasteiger partial charge in [0.1, 0.15) is 0 Å². The Morgan fingerprint density at radius 1 is 1.21 bits per heavy atom. The van der Waals surface area contributed by atoms with Gasteiger partial charge in [-0.2, -0.15) is 0 Å². The normalized spacial score (nSPS) is 17.6. The van der Waals surface area contributed by atoms with E-state index in [1.165, 1.54) is 0 Å². The van der Waals surface area contributed by atoms with Gasteiger partial charge in [-0.3, -0.25) is 9.78 Å². The molecule has 3 aromatic rings. The minimum Gasteiger partial charge on any atom is -0.348 e. The number of rotatable bonds is 3. The number of likely N-dealkylation sites (tertiary alicyclic amines) is 1. The number of aryl methyl sites for hydroxylation is 1. The molecule has 1 fully saturated rings. The molecule has 0 saturated carbocycles. The highest BCUT2D eigenvalue weighted by molar-refractivity contribution is 6.31. The number of fused-ring (bicyclic) bond motifs is 1. The summed E-state index contributed by atoms with van der Waals surface area (Å²) in [6.45, 7) is 4.03. The van der Waals surface area contributed by atoms with Crippen molar-refractivity contribution < 1.29 is 4.79 Å².